The van der Waals surface area contributed by atoms with Gasteiger partial charge < -0.3 is 15.9 Å². The predicted octanol–water partition coefficient (Wildman–Crippen LogP) is -0.145. The molecule has 10 heavy (non-hydrogen) atoms. The summed E-state index contributed by atoms with van der Waals surface area (Å²) < 4.78 is 0. The lowest BCUT2D eigenvalue weighted by Gasteiger charge is -2.21. The SMILES string of the molecule is CC[C@@H](O)C(N)[C@H](O)CC. The molecule has 4 N–H and O–H groups in total. The van der Waals surface area contributed by atoms with Gasteiger partial charge in [-0.25, -0.2) is 0 Å². The molecule has 0 aromatic carbocycles. The number of aliphatic hydroxyl groups excluding tert-OH is 2. The van der Waals surface area contributed by atoms with Crippen molar-refractivity contribution in [3.63, 3.8) is 0 Å². The Morgan fingerprint density at radius 2 is 1.40 bits per heavy atom. The summed E-state index contributed by atoms with van der Waals surface area (Å²) in [6, 6.07) is -0.491. The van der Waals surface area contributed by atoms with Crippen LogP contribution >= 0.6 is 0 Å². The van der Waals surface area contributed by atoms with E-state index < -0.39 is 18.2 Å². The molecular formula is C7H17NO2. The zero-order chi connectivity index (χ0) is 8.15. The van der Waals surface area contributed by atoms with Crippen molar-refractivity contribution in [1.82, 2.24) is 0 Å². The van der Waals surface area contributed by atoms with Gasteiger partial charge >= 0.3 is 0 Å². The summed E-state index contributed by atoms with van der Waals surface area (Å²) in [6.45, 7) is 3.68. The lowest BCUT2D eigenvalue weighted by Crippen LogP contribution is -2.44. The third-order valence-corrected chi connectivity index (χ3v) is 1.73. The highest BCUT2D eigenvalue weighted by molar-refractivity contribution is 4.77. The monoisotopic (exact) mass is 147 g/mol. The highest BCUT2D eigenvalue weighted by atomic mass is 16.3. The molecular weight excluding hydrogens is 130 g/mol. The molecule has 0 aromatic rings. The minimum atomic E-state index is -0.574. The first-order chi connectivity index (χ1) is 4.63. The van der Waals surface area contributed by atoms with E-state index in [1.807, 2.05) is 13.8 Å². The van der Waals surface area contributed by atoms with Crippen molar-refractivity contribution in [2.75, 3.05) is 0 Å². The standard InChI is InChI=1S/C7H17NO2/c1-3-5(9)7(8)6(10)4-2/h5-7,9-10H,3-4,8H2,1-2H3/t5-,6-/m1/s1. The first-order valence-corrected chi connectivity index (χ1v) is 3.75. The van der Waals surface area contributed by atoms with Crippen molar-refractivity contribution in [3.8, 4) is 0 Å². The molecule has 0 heterocycles. The minimum Gasteiger partial charge on any atom is -0.391 e. The second-order valence-electron chi connectivity index (χ2n) is 2.53. The summed E-state index contributed by atoms with van der Waals surface area (Å²) >= 11 is 0. The Bertz CT molecular complexity index is 77.7. The smallest absolute Gasteiger partial charge is 0.0713 e. The topological polar surface area (TPSA) is 66.5 Å². The van der Waals surface area contributed by atoms with E-state index in [2.05, 4.69) is 0 Å². The van der Waals surface area contributed by atoms with E-state index in [0.29, 0.717) is 12.8 Å². The van der Waals surface area contributed by atoms with Crippen molar-refractivity contribution in [2.45, 2.75) is 44.9 Å². The Morgan fingerprint density at radius 1 is 1.10 bits per heavy atom. The van der Waals surface area contributed by atoms with Crippen LogP contribution in [0.1, 0.15) is 26.7 Å². The molecule has 0 radical (unpaired) electrons. The summed E-state index contributed by atoms with van der Waals surface area (Å²) in [4.78, 5) is 0. The third-order valence-electron chi connectivity index (χ3n) is 1.73. The Morgan fingerprint density at radius 3 is 1.60 bits per heavy atom. The van der Waals surface area contributed by atoms with Crippen molar-refractivity contribution < 1.29 is 10.2 Å². The van der Waals surface area contributed by atoms with Gasteiger partial charge in [0.1, 0.15) is 0 Å². The molecule has 0 spiro atoms. The number of rotatable bonds is 4. The molecule has 2 atom stereocenters. The van der Waals surface area contributed by atoms with E-state index in [4.69, 9.17) is 15.9 Å². The number of hydrogen-bond acceptors (Lipinski definition) is 3. The second-order valence-corrected chi connectivity index (χ2v) is 2.53. The van der Waals surface area contributed by atoms with Gasteiger partial charge in [0.05, 0.1) is 18.2 Å². The van der Waals surface area contributed by atoms with Crippen molar-refractivity contribution in [1.29, 1.82) is 0 Å². The normalized spacial score (nSPS) is 17.4. The van der Waals surface area contributed by atoms with Gasteiger partial charge in [-0.3, -0.25) is 0 Å². The molecule has 0 aliphatic rings. The molecule has 0 rings (SSSR count). The minimum absolute atomic E-state index is 0.491. The highest BCUT2D eigenvalue weighted by Gasteiger charge is 2.19. The summed E-state index contributed by atoms with van der Waals surface area (Å²) in [5, 5.41) is 18.3. The van der Waals surface area contributed by atoms with Crippen LogP contribution in [0.15, 0.2) is 0 Å². The van der Waals surface area contributed by atoms with Gasteiger partial charge in [0, 0.05) is 0 Å². The first kappa shape index (κ1) is 9.88. The molecule has 0 saturated heterocycles. The summed E-state index contributed by atoms with van der Waals surface area (Å²) in [7, 11) is 0. The molecule has 0 amide bonds. The zero-order valence-corrected chi connectivity index (χ0v) is 6.62. The van der Waals surface area contributed by atoms with Crippen LogP contribution in [0.25, 0.3) is 0 Å². The molecule has 0 unspecified atom stereocenters. The second kappa shape index (κ2) is 4.66. The van der Waals surface area contributed by atoms with Crippen LogP contribution in [0.3, 0.4) is 0 Å². The lowest BCUT2D eigenvalue weighted by atomic mass is 10.0. The molecule has 3 heteroatoms. The quantitative estimate of drug-likeness (QED) is 0.518. The van der Waals surface area contributed by atoms with Crippen LogP contribution in [0.5, 0.6) is 0 Å². The Kier molecular flexibility index (Phi) is 4.60. The van der Waals surface area contributed by atoms with Crippen LogP contribution in [0, 0.1) is 0 Å². The summed E-state index contributed by atoms with van der Waals surface area (Å²) in [5.41, 5.74) is 5.48. The average molecular weight is 147 g/mol. The van der Waals surface area contributed by atoms with Gasteiger partial charge in [-0.05, 0) is 12.8 Å². The van der Waals surface area contributed by atoms with Crippen LogP contribution < -0.4 is 5.73 Å². The first-order valence-electron chi connectivity index (χ1n) is 3.75. The van der Waals surface area contributed by atoms with Crippen LogP contribution in [-0.2, 0) is 0 Å². The molecule has 0 aliphatic heterocycles. The van der Waals surface area contributed by atoms with E-state index >= 15 is 0 Å². The highest BCUT2D eigenvalue weighted by Crippen LogP contribution is 2.03. The van der Waals surface area contributed by atoms with E-state index in [1.54, 1.807) is 0 Å². The van der Waals surface area contributed by atoms with Crippen molar-refractivity contribution >= 4 is 0 Å². The molecule has 0 aliphatic carbocycles. The van der Waals surface area contributed by atoms with Crippen LogP contribution in [0.2, 0.25) is 0 Å². The number of nitrogens with two attached hydrogens (primary N) is 1. The summed E-state index contributed by atoms with van der Waals surface area (Å²) in [6.07, 6.45) is 0.0427. The van der Waals surface area contributed by atoms with Gasteiger partial charge in [-0.15, -0.1) is 0 Å². The maximum absolute atomic E-state index is 9.14. The van der Waals surface area contributed by atoms with Crippen molar-refractivity contribution in [2.24, 2.45) is 5.73 Å². The summed E-state index contributed by atoms with van der Waals surface area (Å²) in [5.74, 6) is 0. The fourth-order valence-corrected chi connectivity index (χ4v) is 0.801. The fourth-order valence-electron chi connectivity index (χ4n) is 0.801. The predicted molar refractivity (Wildman–Crippen MR) is 40.6 cm³/mol. The van der Waals surface area contributed by atoms with Crippen LogP contribution in [0.4, 0.5) is 0 Å². The molecule has 0 saturated carbocycles. The molecule has 0 bridgehead atoms. The van der Waals surface area contributed by atoms with Gasteiger partial charge in [0.15, 0.2) is 0 Å². The van der Waals surface area contributed by atoms with Gasteiger partial charge in [-0.1, -0.05) is 13.8 Å². The van der Waals surface area contributed by atoms with Crippen LogP contribution in [-0.4, -0.2) is 28.5 Å². The largest absolute Gasteiger partial charge is 0.391 e. The van der Waals surface area contributed by atoms with E-state index in [9.17, 15) is 0 Å². The van der Waals surface area contributed by atoms with Gasteiger partial charge in [0.2, 0.25) is 0 Å². The molecule has 0 fully saturated rings. The Labute approximate surface area is 61.9 Å². The fraction of sp³-hybridized carbons (Fsp3) is 1.00. The van der Waals surface area contributed by atoms with Gasteiger partial charge in [0.25, 0.3) is 0 Å². The zero-order valence-electron chi connectivity index (χ0n) is 6.62. The molecule has 62 valence electrons. The number of hydrogen-bond donors (Lipinski definition) is 3. The third kappa shape index (κ3) is 2.64. The van der Waals surface area contributed by atoms with E-state index in [0.717, 1.165) is 0 Å². The average Bonchev–Trinajstić information content (AvgIpc) is 2.00. The Balaban J connectivity index is 3.69. The molecule has 3 nitrogen and oxygen atoms in total. The molecule has 0 aromatic heterocycles. The van der Waals surface area contributed by atoms with E-state index in [1.165, 1.54) is 0 Å². The maximum Gasteiger partial charge on any atom is 0.0713 e. The lowest BCUT2D eigenvalue weighted by molar-refractivity contribution is 0.0518. The van der Waals surface area contributed by atoms with E-state index in [-0.39, 0.29) is 0 Å². The van der Waals surface area contributed by atoms with Gasteiger partial charge in [-0.2, -0.15) is 0 Å². The van der Waals surface area contributed by atoms with Crippen molar-refractivity contribution in [3.05, 3.63) is 0 Å². The maximum atomic E-state index is 9.14. The Hall–Kier alpha value is -0.120. The number of aliphatic hydroxyl groups is 2.